The lowest BCUT2D eigenvalue weighted by atomic mass is 9.96. The third kappa shape index (κ3) is 5.31. The van der Waals surface area contributed by atoms with E-state index in [4.69, 9.17) is 11.6 Å². The maximum absolute atomic E-state index is 12.3. The summed E-state index contributed by atoms with van der Waals surface area (Å²) in [5, 5.41) is 10.2. The Morgan fingerprint density at radius 2 is 2.15 bits per heavy atom. The molecule has 1 amide bonds. The molecule has 1 N–H and O–H groups in total. The van der Waals surface area contributed by atoms with Gasteiger partial charge in [-0.1, -0.05) is 62.3 Å². The van der Waals surface area contributed by atoms with Crippen molar-refractivity contribution in [3.63, 3.8) is 0 Å². The van der Waals surface area contributed by atoms with Crippen LogP contribution < -0.4 is 4.80 Å². The number of H-pyrrole nitrogens is 1. The Balaban J connectivity index is 1.67. The summed E-state index contributed by atoms with van der Waals surface area (Å²) in [7, 11) is 0. The number of aromatic amines is 1. The highest BCUT2D eigenvalue weighted by molar-refractivity contribution is 7.99. The van der Waals surface area contributed by atoms with Crippen molar-refractivity contribution in [2.75, 3.05) is 5.75 Å². The van der Waals surface area contributed by atoms with Gasteiger partial charge in [-0.05, 0) is 11.6 Å². The number of carbonyl (C=O) groups excluding carboxylic acids is 1. The molecular formula is C18H20ClN5OS2. The van der Waals surface area contributed by atoms with Gasteiger partial charge >= 0.3 is 0 Å². The van der Waals surface area contributed by atoms with E-state index in [1.54, 1.807) is 0 Å². The molecule has 6 nitrogen and oxygen atoms in total. The molecule has 0 saturated heterocycles. The van der Waals surface area contributed by atoms with E-state index in [9.17, 15) is 4.79 Å². The van der Waals surface area contributed by atoms with Gasteiger partial charge in [-0.15, -0.1) is 16.4 Å². The Labute approximate surface area is 170 Å². The topological polar surface area (TPSA) is 75.9 Å². The molecule has 27 heavy (non-hydrogen) atoms. The number of carbonyl (C=O) groups is 1. The Morgan fingerprint density at radius 1 is 1.37 bits per heavy atom. The Morgan fingerprint density at radius 3 is 2.85 bits per heavy atom. The van der Waals surface area contributed by atoms with Crippen molar-refractivity contribution < 1.29 is 4.79 Å². The summed E-state index contributed by atoms with van der Waals surface area (Å²) in [4.78, 5) is 21.6. The van der Waals surface area contributed by atoms with Crippen LogP contribution in [0.4, 0.5) is 0 Å². The smallest absolute Gasteiger partial charge is 0.258 e. The van der Waals surface area contributed by atoms with E-state index in [0.717, 1.165) is 11.4 Å². The molecule has 3 rings (SSSR count). The highest BCUT2D eigenvalue weighted by Crippen LogP contribution is 2.21. The Bertz CT molecular complexity index is 999. The highest BCUT2D eigenvalue weighted by atomic mass is 35.5. The van der Waals surface area contributed by atoms with Gasteiger partial charge in [-0.25, -0.2) is 4.98 Å². The number of amides is 1. The van der Waals surface area contributed by atoms with Gasteiger partial charge in [-0.3, -0.25) is 9.89 Å². The standard InChI is InChI=1S/C18H20ClN5OS2/c1-18(2,3)15-21-16(23-22-15)27-11-14(25)20-17-24(8-9-26-17)10-12-6-4-5-7-13(12)19/h4-9H,10-11H2,1-3H3,(H,21,22,23). The number of halogens is 1. The normalized spacial score (nSPS) is 12.5. The van der Waals surface area contributed by atoms with Gasteiger partial charge in [0.2, 0.25) is 5.16 Å². The lowest BCUT2D eigenvalue weighted by molar-refractivity contribution is -0.115. The molecule has 0 saturated carbocycles. The molecule has 142 valence electrons. The van der Waals surface area contributed by atoms with Crippen molar-refractivity contribution >= 4 is 40.6 Å². The van der Waals surface area contributed by atoms with Crippen molar-refractivity contribution in [1.29, 1.82) is 0 Å². The number of nitrogens with one attached hydrogen (secondary N) is 1. The van der Waals surface area contributed by atoms with E-state index < -0.39 is 0 Å². The molecule has 0 atom stereocenters. The van der Waals surface area contributed by atoms with Crippen LogP contribution in [0.3, 0.4) is 0 Å². The van der Waals surface area contributed by atoms with E-state index in [2.05, 4.69) is 40.9 Å². The number of thioether (sulfide) groups is 1. The summed E-state index contributed by atoms with van der Waals surface area (Å²) >= 11 is 8.92. The molecule has 0 aliphatic heterocycles. The van der Waals surface area contributed by atoms with Gasteiger partial charge in [0.25, 0.3) is 5.91 Å². The van der Waals surface area contributed by atoms with Crippen LogP contribution in [0.15, 0.2) is 46.0 Å². The van der Waals surface area contributed by atoms with E-state index in [1.165, 1.54) is 23.1 Å². The van der Waals surface area contributed by atoms with E-state index >= 15 is 0 Å². The molecule has 0 unspecified atom stereocenters. The number of rotatable bonds is 5. The zero-order valence-electron chi connectivity index (χ0n) is 15.3. The monoisotopic (exact) mass is 421 g/mol. The second-order valence-electron chi connectivity index (χ2n) is 6.92. The van der Waals surface area contributed by atoms with Crippen molar-refractivity contribution in [3.05, 3.63) is 57.1 Å². The maximum atomic E-state index is 12.3. The lowest BCUT2D eigenvalue weighted by Crippen LogP contribution is -2.17. The predicted octanol–water partition coefficient (Wildman–Crippen LogP) is 3.89. The maximum Gasteiger partial charge on any atom is 0.258 e. The zero-order chi connectivity index (χ0) is 19.4. The zero-order valence-corrected chi connectivity index (χ0v) is 17.7. The molecule has 0 radical (unpaired) electrons. The molecule has 0 aliphatic rings. The molecular weight excluding hydrogens is 402 g/mol. The van der Waals surface area contributed by atoms with Crippen LogP contribution in [-0.2, 0) is 16.8 Å². The van der Waals surface area contributed by atoms with Gasteiger partial charge in [0.1, 0.15) is 5.82 Å². The molecule has 3 aromatic rings. The molecule has 0 fully saturated rings. The first-order valence-corrected chi connectivity index (χ1v) is 10.6. The Hall–Kier alpha value is -1.90. The SMILES string of the molecule is CC(C)(C)c1nc(SCC(=O)N=c2sccn2Cc2ccccc2Cl)n[nH]1. The second-order valence-corrected chi connectivity index (χ2v) is 9.14. The van der Waals surface area contributed by atoms with Gasteiger partial charge in [-0.2, -0.15) is 4.99 Å². The minimum atomic E-state index is -0.225. The minimum absolute atomic E-state index is 0.110. The second kappa shape index (κ2) is 8.41. The number of hydrogen-bond acceptors (Lipinski definition) is 5. The van der Waals surface area contributed by atoms with Crippen LogP contribution in [0.25, 0.3) is 0 Å². The number of nitrogens with zero attached hydrogens (tertiary/aromatic N) is 4. The average Bonchev–Trinajstić information content (AvgIpc) is 3.25. The van der Waals surface area contributed by atoms with Gasteiger partial charge in [0.15, 0.2) is 4.80 Å². The number of thiazole rings is 1. The first-order chi connectivity index (χ1) is 12.8. The van der Waals surface area contributed by atoms with Gasteiger partial charge in [0.05, 0.1) is 12.3 Å². The number of benzene rings is 1. The van der Waals surface area contributed by atoms with Crippen molar-refractivity contribution in [2.45, 2.75) is 37.9 Å². The van der Waals surface area contributed by atoms with Crippen LogP contribution >= 0.6 is 34.7 Å². The molecule has 2 aromatic heterocycles. The fraction of sp³-hybridized carbons (Fsp3) is 0.333. The van der Waals surface area contributed by atoms with Crippen molar-refractivity contribution in [3.8, 4) is 0 Å². The summed E-state index contributed by atoms with van der Waals surface area (Å²) < 4.78 is 1.92. The minimum Gasteiger partial charge on any atom is -0.319 e. The first kappa shape index (κ1) is 19.9. The van der Waals surface area contributed by atoms with Crippen LogP contribution in [0.5, 0.6) is 0 Å². The summed E-state index contributed by atoms with van der Waals surface area (Å²) in [5.41, 5.74) is 0.873. The van der Waals surface area contributed by atoms with Crippen LogP contribution in [0.1, 0.15) is 32.2 Å². The highest BCUT2D eigenvalue weighted by Gasteiger charge is 2.19. The van der Waals surface area contributed by atoms with Crippen LogP contribution in [0, 0.1) is 0 Å². The number of aromatic nitrogens is 4. The van der Waals surface area contributed by atoms with Crippen molar-refractivity contribution in [1.82, 2.24) is 19.7 Å². The largest absolute Gasteiger partial charge is 0.319 e. The summed E-state index contributed by atoms with van der Waals surface area (Å²) in [6.45, 7) is 6.73. The third-order valence-electron chi connectivity index (χ3n) is 3.68. The van der Waals surface area contributed by atoms with Gasteiger partial charge in [0, 0.05) is 22.0 Å². The average molecular weight is 422 g/mol. The van der Waals surface area contributed by atoms with Crippen molar-refractivity contribution in [2.24, 2.45) is 4.99 Å². The fourth-order valence-corrected chi connectivity index (χ4v) is 3.75. The molecule has 1 aromatic carbocycles. The summed E-state index contributed by atoms with van der Waals surface area (Å²) in [5.74, 6) is 0.758. The fourth-order valence-electron chi connectivity index (χ4n) is 2.23. The summed E-state index contributed by atoms with van der Waals surface area (Å²) in [6.07, 6.45) is 1.90. The third-order valence-corrected chi connectivity index (χ3v) is 5.67. The first-order valence-electron chi connectivity index (χ1n) is 8.33. The van der Waals surface area contributed by atoms with Crippen LogP contribution in [-0.4, -0.2) is 31.4 Å². The van der Waals surface area contributed by atoms with Gasteiger partial charge < -0.3 is 4.57 Å². The van der Waals surface area contributed by atoms with E-state index in [0.29, 0.717) is 21.5 Å². The lowest BCUT2D eigenvalue weighted by Gasteiger charge is -2.12. The predicted molar refractivity (Wildman–Crippen MR) is 109 cm³/mol. The number of hydrogen-bond donors (Lipinski definition) is 1. The molecule has 0 spiro atoms. The Kier molecular flexibility index (Phi) is 6.18. The van der Waals surface area contributed by atoms with E-state index in [1.807, 2.05) is 40.4 Å². The summed E-state index contributed by atoms with van der Waals surface area (Å²) in [6, 6.07) is 7.65. The molecule has 0 bridgehead atoms. The van der Waals surface area contributed by atoms with E-state index in [-0.39, 0.29) is 17.1 Å². The molecule has 9 heteroatoms. The molecule has 2 heterocycles. The van der Waals surface area contributed by atoms with Crippen LogP contribution in [0.2, 0.25) is 5.02 Å². The quantitative estimate of drug-likeness (QED) is 0.634. The molecule has 0 aliphatic carbocycles.